The fourth-order valence-corrected chi connectivity index (χ4v) is 4.50. The molecule has 112 valence electrons. The van der Waals surface area contributed by atoms with Crippen LogP contribution in [0.2, 0.25) is 0 Å². The molecule has 3 nitrogen and oxygen atoms in total. The third-order valence-corrected chi connectivity index (χ3v) is 5.46. The highest BCUT2D eigenvalue weighted by atomic mass is 16.5. The maximum absolute atomic E-state index is 5.75. The molecule has 0 bridgehead atoms. The smallest absolute Gasteiger partial charge is 0.0509 e. The predicted octanol–water partition coefficient (Wildman–Crippen LogP) is 2.51. The van der Waals surface area contributed by atoms with Crippen LogP contribution >= 0.6 is 0 Å². The summed E-state index contributed by atoms with van der Waals surface area (Å²) in [6, 6.07) is 0.561. The van der Waals surface area contributed by atoms with Crippen LogP contribution in [0.3, 0.4) is 0 Å². The lowest BCUT2D eigenvalue weighted by Gasteiger charge is -2.53. The summed E-state index contributed by atoms with van der Waals surface area (Å²) in [7, 11) is 6.68. The van der Waals surface area contributed by atoms with E-state index < -0.39 is 0 Å². The van der Waals surface area contributed by atoms with Gasteiger partial charge in [-0.2, -0.15) is 0 Å². The number of nitrogens with one attached hydrogen (secondary N) is 1. The summed E-state index contributed by atoms with van der Waals surface area (Å²) in [5.41, 5.74) is 0.317. The van der Waals surface area contributed by atoms with Crippen LogP contribution in [0.25, 0.3) is 0 Å². The van der Waals surface area contributed by atoms with Crippen LogP contribution in [0.15, 0.2) is 0 Å². The van der Waals surface area contributed by atoms with Gasteiger partial charge in [0.1, 0.15) is 0 Å². The maximum atomic E-state index is 5.75. The second-order valence-corrected chi connectivity index (χ2v) is 6.94. The van der Waals surface area contributed by atoms with Crippen LogP contribution < -0.4 is 5.32 Å². The van der Waals surface area contributed by atoms with E-state index in [9.17, 15) is 0 Å². The van der Waals surface area contributed by atoms with E-state index in [-0.39, 0.29) is 0 Å². The van der Waals surface area contributed by atoms with Gasteiger partial charge in [-0.1, -0.05) is 19.8 Å². The fourth-order valence-electron chi connectivity index (χ4n) is 4.50. The second kappa shape index (κ2) is 6.55. The molecule has 0 radical (unpaired) electrons. The van der Waals surface area contributed by atoms with Gasteiger partial charge in [-0.25, -0.2) is 0 Å². The van der Waals surface area contributed by atoms with Gasteiger partial charge in [-0.15, -0.1) is 0 Å². The van der Waals surface area contributed by atoms with Crippen molar-refractivity contribution in [3.63, 3.8) is 0 Å². The monoisotopic (exact) mass is 268 g/mol. The van der Waals surface area contributed by atoms with Gasteiger partial charge in [0.2, 0.25) is 0 Å². The molecule has 3 heteroatoms. The summed E-state index contributed by atoms with van der Waals surface area (Å²) >= 11 is 0. The van der Waals surface area contributed by atoms with Gasteiger partial charge in [0, 0.05) is 18.2 Å². The van der Waals surface area contributed by atoms with E-state index in [1.807, 2.05) is 0 Å². The Morgan fingerprint density at radius 3 is 2.58 bits per heavy atom. The lowest BCUT2D eigenvalue weighted by atomic mass is 9.67. The normalized spacial score (nSPS) is 38.4. The first-order valence-electron chi connectivity index (χ1n) is 8.02. The van der Waals surface area contributed by atoms with Crippen LogP contribution in [0.5, 0.6) is 0 Å². The molecule has 2 rings (SSSR count). The summed E-state index contributed by atoms with van der Waals surface area (Å²) in [4.78, 5) is 2.50. The fraction of sp³-hybridized carbons (Fsp3) is 1.00. The molecule has 0 aromatic heterocycles. The Balaban J connectivity index is 2.19. The molecule has 0 amide bonds. The highest BCUT2D eigenvalue weighted by Gasteiger charge is 2.46. The molecule has 0 aromatic carbocycles. The number of likely N-dealkylation sites (N-methyl/N-ethyl adjacent to an activating group) is 2. The zero-order chi connectivity index (χ0) is 13.9. The minimum Gasteiger partial charge on any atom is -0.381 e. The van der Waals surface area contributed by atoms with Crippen molar-refractivity contribution in [3.05, 3.63) is 0 Å². The largest absolute Gasteiger partial charge is 0.381 e. The number of hydrogen-bond acceptors (Lipinski definition) is 3. The predicted molar refractivity (Wildman–Crippen MR) is 80.4 cm³/mol. The summed E-state index contributed by atoms with van der Waals surface area (Å²) in [5.74, 6) is 1.52. The minimum atomic E-state index is 0.317. The van der Waals surface area contributed by atoms with Crippen molar-refractivity contribution < 1.29 is 4.74 Å². The Morgan fingerprint density at radius 1 is 1.26 bits per heavy atom. The van der Waals surface area contributed by atoms with Crippen molar-refractivity contribution >= 4 is 0 Å². The molecule has 0 spiro atoms. The number of ether oxygens (including phenoxy) is 1. The molecule has 4 atom stereocenters. The minimum absolute atomic E-state index is 0.317. The van der Waals surface area contributed by atoms with Crippen LogP contribution in [0.1, 0.15) is 45.4 Å². The highest BCUT2D eigenvalue weighted by Crippen LogP contribution is 2.41. The van der Waals surface area contributed by atoms with E-state index in [1.165, 1.54) is 38.5 Å². The van der Waals surface area contributed by atoms with Crippen LogP contribution in [-0.2, 0) is 4.74 Å². The van der Waals surface area contributed by atoms with Gasteiger partial charge in [0.15, 0.2) is 0 Å². The van der Waals surface area contributed by atoms with Crippen molar-refractivity contribution in [2.24, 2.45) is 11.8 Å². The summed E-state index contributed by atoms with van der Waals surface area (Å²) < 4.78 is 5.75. The molecule has 19 heavy (non-hydrogen) atoms. The van der Waals surface area contributed by atoms with E-state index in [1.54, 1.807) is 0 Å². The van der Waals surface area contributed by atoms with Gasteiger partial charge in [0.05, 0.1) is 6.61 Å². The number of nitrogens with zero attached hydrogens (tertiary/aromatic N) is 1. The zero-order valence-corrected chi connectivity index (χ0v) is 13.2. The van der Waals surface area contributed by atoms with Crippen LogP contribution in [0, 0.1) is 11.8 Å². The molecule has 1 aliphatic carbocycles. The van der Waals surface area contributed by atoms with Gasteiger partial charge in [-0.05, 0) is 58.7 Å². The summed E-state index contributed by atoms with van der Waals surface area (Å²) in [6.45, 7) is 4.31. The van der Waals surface area contributed by atoms with Crippen molar-refractivity contribution in [3.8, 4) is 0 Å². The van der Waals surface area contributed by atoms with Gasteiger partial charge < -0.3 is 15.0 Å². The first-order valence-corrected chi connectivity index (χ1v) is 8.02. The molecule has 1 aliphatic heterocycles. The Morgan fingerprint density at radius 2 is 2.05 bits per heavy atom. The topological polar surface area (TPSA) is 24.5 Å². The van der Waals surface area contributed by atoms with Gasteiger partial charge in [-0.3, -0.25) is 0 Å². The third kappa shape index (κ3) is 3.14. The van der Waals surface area contributed by atoms with E-state index >= 15 is 0 Å². The lowest BCUT2D eigenvalue weighted by Crippen LogP contribution is -2.63. The molecule has 4 unspecified atom stereocenters. The van der Waals surface area contributed by atoms with Crippen molar-refractivity contribution in [2.45, 2.75) is 57.0 Å². The number of rotatable bonds is 4. The molecule has 2 fully saturated rings. The van der Waals surface area contributed by atoms with E-state index in [2.05, 4.69) is 38.3 Å². The van der Waals surface area contributed by atoms with Gasteiger partial charge in [0.25, 0.3) is 0 Å². The molecular weight excluding hydrogens is 236 g/mol. The number of hydrogen-bond donors (Lipinski definition) is 1. The Bertz CT molecular complexity index is 276. The lowest BCUT2D eigenvalue weighted by molar-refractivity contribution is -0.0270. The van der Waals surface area contributed by atoms with Crippen molar-refractivity contribution in [2.75, 3.05) is 34.4 Å². The van der Waals surface area contributed by atoms with E-state index in [0.717, 1.165) is 19.1 Å². The molecule has 1 heterocycles. The van der Waals surface area contributed by atoms with Crippen molar-refractivity contribution in [1.82, 2.24) is 10.2 Å². The van der Waals surface area contributed by atoms with E-state index in [4.69, 9.17) is 4.74 Å². The maximum Gasteiger partial charge on any atom is 0.0509 e. The molecular formula is C16H32N2O. The van der Waals surface area contributed by atoms with Gasteiger partial charge >= 0.3 is 0 Å². The average molecular weight is 268 g/mol. The standard InChI is InChI=1S/C16H32N2O/c1-13-7-5-9-16(11-13,18(3)4)15(17-2)14-8-6-10-19-12-14/h13-15,17H,5-12H2,1-4H3. The molecule has 1 saturated heterocycles. The van der Waals surface area contributed by atoms with Crippen LogP contribution in [0.4, 0.5) is 0 Å². The Kier molecular flexibility index (Phi) is 5.27. The Hall–Kier alpha value is -0.120. The Labute approximate surface area is 119 Å². The van der Waals surface area contributed by atoms with E-state index in [0.29, 0.717) is 17.5 Å². The summed E-state index contributed by atoms with van der Waals surface area (Å²) in [5, 5.41) is 3.66. The molecule has 1 N–H and O–H groups in total. The highest BCUT2D eigenvalue weighted by molar-refractivity contribution is 5.04. The first-order chi connectivity index (χ1) is 9.10. The molecule has 1 saturated carbocycles. The van der Waals surface area contributed by atoms with Crippen molar-refractivity contribution in [1.29, 1.82) is 0 Å². The quantitative estimate of drug-likeness (QED) is 0.848. The second-order valence-electron chi connectivity index (χ2n) is 6.94. The zero-order valence-electron chi connectivity index (χ0n) is 13.2. The SMILES string of the molecule is CNC(C1CCCOC1)C1(N(C)C)CCCC(C)C1. The summed E-state index contributed by atoms with van der Waals surface area (Å²) in [6.07, 6.45) is 7.95. The first kappa shape index (κ1) is 15.3. The van der Waals surface area contributed by atoms with Crippen LogP contribution in [-0.4, -0.2) is 50.8 Å². The molecule has 0 aromatic rings. The third-order valence-electron chi connectivity index (χ3n) is 5.46. The molecule has 2 aliphatic rings. The average Bonchev–Trinajstić information content (AvgIpc) is 2.40.